The summed E-state index contributed by atoms with van der Waals surface area (Å²) < 4.78 is 0. The minimum atomic E-state index is 0.262. The summed E-state index contributed by atoms with van der Waals surface area (Å²) in [4.78, 5) is 2.76. The van der Waals surface area contributed by atoms with Crippen LogP contribution in [0.4, 0.5) is 0 Å². The van der Waals surface area contributed by atoms with Crippen molar-refractivity contribution in [1.29, 1.82) is 0 Å². The highest BCUT2D eigenvalue weighted by Gasteiger charge is 2.09. The fraction of sp³-hybridized carbons (Fsp3) is 0.333. The van der Waals surface area contributed by atoms with Gasteiger partial charge in [-0.15, -0.1) is 11.3 Å². The van der Waals surface area contributed by atoms with Crippen LogP contribution >= 0.6 is 22.9 Å². The molecule has 0 unspecified atom stereocenters. The molecular weight excluding hydrogens is 262 g/mol. The molecule has 0 bridgehead atoms. The molecule has 96 valence electrons. The first-order valence-electron chi connectivity index (χ1n) is 6.11. The van der Waals surface area contributed by atoms with E-state index in [0.717, 1.165) is 17.1 Å². The van der Waals surface area contributed by atoms with Crippen molar-refractivity contribution in [2.45, 2.75) is 33.4 Å². The molecule has 0 aliphatic rings. The van der Waals surface area contributed by atoms with Gasteiger partial charge in [-0.3, -0.25) is 0 Å². The molecule has 1 nitrogen and oxygen atoms in total. The molecule has 0 saturated heterocycles. The lowest BCUT2D eigenvalue weighted by Gasteiger charge is -2.15. The zero-order valence-corrected chi connectivity index (χ0v) is 12.5. The monoisotopic (exact) mass is 279 g/mol. The summed E-state index contributed by atoms with van der Waals surface area (Å²) in [6.07, 6.45) is 0. The van der Waals surface area contributed by atoms with Gasteiger partial charge in [-0.25, -0.2) is 0 Å². The van der Waals surface area contributed by atoms with Crippen molar-refractivity contribution in [2.75, 3.05) is 0 Å². The van der Waals surface area contributed by atoms with Gasteiger partial charge in [0.1, 0.15) is 0 Å². The molecule has 18 heavy (non-hydrogen) atoms. The number of halogens is 1. The van der Waals surface area contributed by atoms with Crippen LogP contribution in [0.25, 0.3) is 0 Å². The van der Waals surface area contributed by atoms with Crippen molar-refractivity contribution in [3.05, 3.63) is 56.2 Å². The van der Waals surface area contributed by atoms with Crippen LogP contribution in [0.3, 0.4) is 0 Å². The lowest BCUT2D eigenvalue weighted by molar-refractivity contribution is 0.574. The van der Waals surface area contributed by atoms with Crippen molar-refractivity contribution >= 4 is 22.9 Å². The Bertz CT molecular complexity index is 533. The zero-order chi connectivity index (χ0) is 13.1. The Hall–Kier alpha value is -0.830. The first kappa shape index (κ1) is 13.6. The van der Waals surface area contributed by atoms with Gasteiger partial charge in [0.2, 0.25) is 0 Å². The van der Waals surface area contributed by atoms with Crippen LogP contribution in [0.1, 0.15) is 33.8 Å². The predicted molar refractivity (Wildman–Crippen MR) is 80.5 cm³/mol. The van der Waals surface area contributed by atoms with Crippen LogP contribution < -0.4 is 5.32 Å². The quantitative estimate of drug-likeness (QED) is 0.842. The van der Waals surface area contributed by atoms with Crippen LogP contribution in [-0.2, 0) is 6.54 Å². The number of hydrogen-bond donors (Lipinski definition) is 1. The SMILES string of the molecule is Cc1cc(CN[C@@H](C)c2ccccc2Cl)c(C)s1. The van der Waals surface area contributed by atoms with Gasteiger partial charge in [-0.1, -0.05) is 29.8 Å². The van der Waals surface area contributed by atoms with Gasteiger partial charge in [0.05, 0.1) is 0 Å². The lowest BCUT2D eigenvalue weighted by atomic mass is 10.1. The molecule has 1 heterocycles. The van der Waals surface area contributed by atoms with E-state index >= 15 is 0 Å². The third kappa shape index (κ3) is 3.14. The maximum Gasteiger partial charge on any atom is 0.0453 e. The minimum absolute atomic E-state index is 0.262. The van der Waals surface area contributed by atoms with Crippen molar-refractivity contribution in [2.24, 2.45) is 0 Å². The highest BCUT2D eigenvalue weighted by molar-refractivity contribution is 7.12. The van der Waals surface area contributed by atoms with E-state index in [-0.39, 0.29) is 6.04 Å². The summed E-state index contributed by atoms with van der Waals surface area (Å²) in [6, 6.07) is 10.5. The number of rotatable bonds is 4. The topological polar surface area (TPSA) is 12.0 Å². The number of hydrogen-bond acceptors (Lipinski definition) is 2. The van der Waals surface area contributed by atoms with E-state index in [1.807, 2.05) is 29.5 Å². The van der Waals surface area contributed by atoms with Crippen LogP contribution in [0, 0.1) is 13.8 Å². The fourth-order valence-electron chi connectivity index (χ4n) is 2.06. The van der Waals surface area contributed by atoms with Gasteiger partial charge in [0.15, 0.2) is 0 Å². The fourth-order valence-corrected chi connectivity index (χ4v) is 3.30. The highest BCUT2D eigenvalue weighted by Crippen LogP contribution is 2.24. The molecular formula is C15H18ClNS. The van der Waals surface area contributed by atoms with E-state index in [1.54, 1.807) is 0 Å². The Balaban J connectivity index is 2.03. The first-order chi connectivity index (χ1) is 8.58. The second kappa shape index (κ2) is 5.87. The van der Waals surface area contributed by atoms with Crippen molar-refractivity contribution < 1.29 is 0 Å². The smallest absolute Gasteiger partial charge is 0.0453 e. The molecule has 0 fully saturated rings. The molecule has 1 aromatic carbocycles. The molecule has 0 saturated carbocycles. The van der Waals surface area contributed by atoms with E-state index in [9.17, 15) is 0 Å². The maximum absolute atomic E-state index is 6.20. The van der Waals surface area contributed by atoms with Crippen LogP contribution in [-0.4, -0.2) is 0 Å². The number of thiophene rings is 1. The molecule has 0 amide bonds. The Labute approximate surface area is 118 Å². The summed E-state index contributed by atoms with van der Waals surface area (Å²) in [6.45, 7) is 7.37. The number of nitrogens with one attached hydrogen (secondary N) is 1. The van der Waals surface area contributed by atoms with Gasteiger partial charge in [-0.05, 0) is 44.0 Å². The highest BCUT2D eigenvalue weighted by atomic mass is 35.5. The van der Waals surface area contributed by atoms with Crippen molar-refractivity contribution in [1.82, 2.24) is 5.32 Å². The number of aryl methyl sites for hydroxylation is 2. The molecule has 1 aromatic heterocycles. The van der Waals surface area contributed by atoms with E-state index < -0.39 is 0 Å². The van der Waals surface area contributed by atoms with Gasteiger partial charge in [-0.2, -0.15) is 0 Å². The Morgan fingerprint density at radius 2 is 2.00 bits per heavy atom. The third-order valence-electron chi connectivity index (χ3n) is 3.11. The van der Waals surface area contributed by atoms with E-state index in [2.05, 4.69) is 38.2 Å². The molecule has 0 spiro atoms. The number of benzene rings is 1. The Morgan fingerprint density at radius 1 is 1.28 bits per heavy atom. The molecule has 1 atom stereocenters. The van der Waals surface area contributed by atoms with E-state index in [4.69, 9.17) is 11.6 Å². The van der Waals surface area contributed by atoms with Gasteiger partial charge in [0, 0.05) is 27.4 Å². The van der Waals surface area contributed by atoms with Crippen LogP contribution in [0.15, 0.2) is 30.3 Å². The van der Waals surface area contributed by atoms with Gasteiger partial charge >= 0.3 is 0 Å². The van der Waals surface area contributed by atoms with Gasteiger partial charge in [0.25, 0.3) is 0 Å². The second-order valence-electron chi connectivity index (χ2n) is 4.56. The van der Waals surface area contributed by atoms with Crippen LogP contribution in [0.5, 0.6) is 0 Å². The largest absolute Gasteiger partial charge is 0.306 e. The first-order valence-corrected chi connectivity index (χ1v) is 7.31. The van der Waals surface area contributed by atoms with Crippen molar-refractivity contribution in [3.63, 3.8) is 0 Å². The van der Waals surface area contributed by atoms with E-state index in [1.165, 1.54) is 15.3 Å². The summed E-state index contributed by atoms with van der Waals surface area (Å²) >= 11 is 8.05. The molecule has 3 heteroatoms. The van der Waals surface area contributed by atoms with Crippen LogP contribution in [0.2, 0.25) is 5.02 Å². The third-order valence-corrected chi connectivity index (χ3v) is 4.47. The minimum Gasteiger partial charge on any atom is -0.306 e. The molecule has 1 N–H and O–H groups in total. The Morgan fingerprint density at radius 3 is 2.61 bits per heavy atom. The average molecular weight is 280 g/mol. The van der Waals surface area contributed by atoms with Gasteiger partial charge < -0.3 is 5.32 Å². The average Bonchev–Trinajstić information content (AvgIpc) is 2.65. The molecule has 2 aromatic rings. The maximum atomic E-state index is 6.20. The molecule has 0 aliphatic heterocycles. The molecule has 0 aliphatic carbocycles. The normalized spacial score (nSPS) is 12.7. The lowest BCUT2D eigenvalue weighted by Crippen LogP contribution is -2.18. The molecule has 2 rings (SSSR count). The van der Waals surface area contributed by atoms with Crippen molar-refractivity contribution in [3.8, 4) is 0 Å². The Kier molecular flexibility index (Phi) is 4.44. The predicted octanol–water partition coefficient (Wildman–Crippen LogP) is 4.87. The second-order valence-corrected chi connectivity index (χ2v) is 6.43. The van der Waals surface area contributed by atoms with E-state index in [0.29, 0.717) is 0 Å². The molecule has 0 radical (unpaired) electrons. The summed E-state index contributed by atoms with van der Waals surface area (Å²) in [5.41, 5.74) is 2.54. The zero-order valence-electron chi connectivity index (χ0n) is 11.0. The summed E-state index contributed by atoms with van der Waals surface area (Å²) in [7, 11) is 0. The standard InChI is InChI=1S/C15H18ClNS/c1-10-8-13(12(3)18-10)9-17-11(2)14-6-4-5-7-15(14)16/h4-8,11,17H,9H2,1-3H3/t11-/m0/s1. The summed E-state index contributed by atoms with van der Waals surface area (Å²) in [5, 5.41) is 4.36. The summed E-state index contributed by atoms with van der Waals surface area (Å²) in [5.74, 6) is 0.